The molecule has 0 heterocycles. The molecule has 0 radical (unpaired) electrons. The lowest BCUT2D eigenvalue weighted by Crippen LogP contribution is -2.42. The van der Waals surface area contributed by atoms with Crippen LogP contribution in [0.2, 0.25) is 0 Å². The van der Waals surface area contributed by atoms with Gasteiger partial charge in [-0.2, -0.15) is 0 Å². The van der Waals surface area contributed by atoms with Gasteiger partial charge in [-0.05, 0) is 55.5 Å². The van der Waals surface area contributed by atoms with E-state index in [4.69, 9.17) is 14.2 Å². The molecular formula is C22H29O4S+. The van der Waals surface area contributed by atoms with Gasteiger partial charge in [-0.1, -0.05) is 20.8 Å². The molecule has 27 heavy (non-hydrogen) atoms. The zero-order valence-electron chi connectivity index (χ0n) is 16.9. The quantitative estimate of drug-likeness (QED) is 0.508. The summed E-state index contributed by atoms with van der Waals surface area (Å²) < 4.78 is 16.1. The molecule has 0 saturated heterocycles. The summed E-state index contributed by atoms with van der Waals surface area (Å²) >= 11 is 0. The highest BCUT2D eigenvalue weighted by Gasteiger charge is 2.49. The van der Waals surface area contributed by atoms with Gasteiger partial charge in [0.1, 0.15) is 11.5 Å². The molecule has 0 N–H and O–H groups in total. The summed E-state index contributed by atoms with van der Waals surface area (Å²) in [4.78, 5) is 15.1. The lowest BCUT2D eigenvalue weighted by atomic mass is 9.92. The molecule has 0 spiro atoms. The van der Waals surface area contributed by atoms with Gasteiger partial charge in [-0.15, -0.1) is 0 Å². The van der Waals surface area contributed by atoms with Crippen LogP contribution in [0.5, 0.6) is 11.5 Å². The van der Waals surface area contributed by atoms with Crippen molar-refractivity contribution in [1.82, 2.24) is 0 Å². The van der Waals surface area contributed by atoms with Crippen LogP contribution in [0.4, 0.5) is 0 Å². The standard InChI is InChI=1S/C22H29O4S/c1-7-26-21(23)20(22(2,3)4)27(18-12-8-16(24-5)9-13-18)19-14-10-17(25-6)11-15-19/h8-15,20H,7H2,1-6H3/q+1. The molecule has 2 aromatic carbocycles. The second-order valence-electron chi connectivity index (χ2n) is 7.19. The van der Waals surface area contributed by atoms with Crippen LogP contribution in [0.3, 0.4) is 0 Å². The maximum absolute atomic E-state index is 13.0. The number of benzene rings is 2. The van der Waals surface area contributed by atoms with Crippen molar-refractivity contribution in [2.45, 2.75) is 42.7 Å². The average molecular weight is 390 g/mol. The first-order chi connectivity index (χ1) is 12.8. The molecular weight excluding hydrogens is 360 g/mol. The molecule has 0 aromatic heterocycles. The van der Waals surface area contributed by atoms with Crippen molar-refractivity contribution >= 4 is 16.9 Å². The summed E-state index contributed by atoms with van der Waals surface area (Å²) in [6.07, 6.45) is 0. The topological polar surface area (TPSA) is 44.8 Å². The van der Waals surface area contributed by atoms with Crippen molar-refractivity contribution in [2.24, 2.45) is 5.41 Å². The first-order valence-corrected chi connectivity index (χ1v) is 10.3. The molecule has 2 aromatic rings. The third-order valence-corrected chi connectivity index (χ3v) is 7.08. The van der Waals surface area contributed by atoms with Gasteiger partial charge in [0.25, 0.3) is 0 Å². The zero-order valence-corrected chi connectivity index (χ0v) is 17.8. The Morgan fingerprint density at radius 2 is 1.30 bits per heavy atom. The molecule has 1 unspecified atom stereocenters. The van der Waals surface area contributed by atoms with Gasteiger partial charge in [0, 0.05) is 5.41 Å². The van der Waals surface area contributed by atoms with Gasteiger partial charge >= 0.3 is 5.97 Å². The second-order valence-corrected chi connectivity index (χ2v) is 9.28. The maximum atomic E-state index is 13.0. The molecule has 2 rings (SSSR count). The van der Waals surface area contributed by atoms with Gasteiger partial charge < -0.3 is 14.2 Å². The van der Waals surface area contributed by atoms with Crippen LogP contribution < -0.4 is 9.47 Å². The largest absolute Gasteiger partial charge is 0.497 e. The van der Waals surface area contributed by atoms with Crippen LogP contribution in [0.25, 0.3) is 0 Å². The highest BCUT2D eigenvalue weighted by Crippen LogP contribution is 2.38. The monoisotopic (exact) mass is 389 g/mol. The van der Waals surface area contributed by atoms with E-state index in [2.05, 4.69) is 20.8 Å². The normalized spacial score (nSPS) is 12.6. The Hall–Kier alpha value is -2.14. The summed E-state index contributed by atoms with van der Waals surface area (Å²) in [6.45, 7) is 8.47. The minimum absolute atomic E-state index is 0.167. The van der Waals surface area contributed by atoms with E-state index in [9.17, 15) is 4.79 Å². The molecule has 146 valence electrons. The Bertz CT molecular complexity index is 685. The van der Waals surface area contributed by atoms with Gasteiger partial charge in [-0.3, -0.25) is 0 Å². The molecule has 5 heteroatoms. The number of esters is 1. The van der Waals surface area contributed by atoms with Crippen molar-refractivity contribution in [1.29, 1.82) is 0 Å². The predicted molar refractivity (Wildman–Crippen MR) is 110 cm³/mol. The van der Waals surface area contributed by atoms with E-state index in [1.165, 1.54) is 0 Å². The van der Waals surface area contributed by atoms with Gasteiger partial charge in [0.2, 0.25) is 5.25 Å². The van der Waals surface area contributed by atoms with Crippen LogP contribution in [0.1, 0.15) is 27.7 Å². The van der Waals surface area contributed by atoms with E-state index >= 15 is 0 Å². The van der Waals surface area contributed by atoms with Crippen LogP contribution in [-0.2, 0) is 20.4 Å². The predicted octanol–water partition coefficient (Wildman–Crippen LogP) is 4.72. The van der Waals surface area contributed by atoms with Crippen molar-refractivity contribution < 1.29 is 19.0 Å². The summed E-state index contributed by atoms with van der Waals surface area (Å²) in [5, 5.41) is -0.306. The number of methoxy groups -OCH3 is 2. The van der Waals surface area contributed by atoms with E-state index < -0.39 is 10.9 Å². The van der Waals surface area contributed by atoms with E-state index in [0.29, 0.717) is 6.61 Å². The molecule has 4 nitrogen and oxygen atoms in total. The SMILES string of the molecule is CCOC(=O)C([S+](c1ccc(OC)cc1)c1ccc(OC)cc1)C(C)(C)C. The Balaban J connectivity index is 2.59. The van der Waals surface area contributed by atoms with Crippen molar-refractivity contribution in [2.75, 3.05) is 20.8 Å². The molecule has 0 aliphatic rings. The van der Waals surface area contributed by atoms with Crippen molar-refractivity contribution in [3.63, 3.8) is 0 Å². The smallest absolute Gasteiger partial charge is 0.360 e. The molecule has 0 bridgehead atoms. The van der Waals surface area contributed by atoms with Crippen LogP contribution in [-0.4, -0.2) is 32.0 Å². The number of carbonyl (C=O) groups is 1. The minimum Gasteiger partial charge on any atom is -0.497 e. The molecule has 0 amide bonds. The fourth-order valence-corrected chi connectivity index (χ4v) is 5.52. The number of ether oxygens (including phenoxy) is 3. The van der Waals surface area contributed by atoms with E-state index in [0.717, 1.165) is 21.3 Å². The molecule has 0 fully saturated rings. The number of carbonyl (C=O) groups excluding carboxylic acids is 1. The van der Waals surface area contributed by atoms with Crippen molar-refractivity contribution in [3.8, 4) is 11.5 Å². The lowest BCUT2D eigenvalue weighted by Gasteiger charge is -2.28. The fourth-order valence-electron chi connectivity index (χ4n) is 2.87. The molecule has 1 atom stereocenters. The summed E-state index contributed by atoms with van der Waals surface area (Å²) in [5.41, 5.74) is -0.269. The number of hydrogen-bond acceptors (Lipinski definition) is 4. The van der Waals surface area contributed by atoms with E-state index in [-0.39, 0.29) is 16.6 Å². The van der Waals surface area contributed by atoms with Crippen LogP contribution in [0.15, 0.2) is 58.3 Å². The Morgan fingerprint density at radius 1 is 0.889 bits per heavy atom. The highest BCUT2D eigenvalue weighted by molar-refractivity contribution is 7.98. The summed E-state index contributed by atoms with van der Waals surface area (Å²) in [5.74, 6) is 1.42. The van der Waals surface area contributed by atoms with Gasteiger partial charge in [0.05, 0.1) is 31.7 Å². The third kappa shape index (κ3) is 5.19. The van der Waals surface area contributed by atoms with E-state index in [1.807, 2.05) is 55.5 Å². The Kier molecular flexibility index (Phi) is 7.19. The molecule has 0 aliphatic heterocycles. The van der Waals surface area contributed by atoms with E-state index in [1.54, 1.807) is 14.2 Å². The average Bonchev–Trinajstić information content (AvgIpc) is 2.65. The van der Waals surface area contributed by atoms with Gasteiger partial charge in [-0.25, -0.2) is 4.79 Å². The number of hydrogen-bond donors (Lipinski definition) is 0. The Morgan fingerprint density at radius 3 is 1.59 bits per heavy atom. The zero-order chi connectivity index (χ0) is 20.0. The lowest BCUT2D eigenvalue weighted by molar-refractivity contribution is -0.144. The summed E-state index contributed by atoms with van der Waals surface area (Å²) in [6, 6.07) is 15.9. The molecule has 0 aliphatic carbocycles. The first kappa shape index (κ1) is 21.2. The minimum atomic E-state index is -0.496. The second kappa shape index (κ2) is 9.18. The molecule has 0 saturated carbocycles. The van der Waals surface area contributed by atoms with Crippen molar-refractivity contribution in [3.05, 3.63) is 48.5 Å². The Labute approximate surface area is 165 Å². The maximum Gasteiger partial charge on any atom is 0.360 e. The highest BCUT2D eigenvalue weighted by atomic mass is 32.2. The van der Waals surface area contributed by atoms with Crippen LogP contribution in [0, 0.1) is 5.41 Å². The fraction of sp³-hybridized carbons (Fsp3) is 0.409. The van der Waals surface area contributed by atoms with Gasteiger partial charge in [0.15, 0.2) is 9.79 Å². The third-order valence-electron chi connectivity index (χ3n) is 4.15. The first-order valence-electron chi connectivity index (χ1n) is 8.99. The summed E-state index contributed by atoms with van der Waals surface area (Å²) in [7, 11) is 2.80. The number of rotatable bonds is 7. The van der Waals surface area contributed by atoms with Crippen LogP contribution >= 0.6 is 0 Å².